The molecule has 0 bridgehead atoms. The number of thiol groups is 1. The SMILES string of the molecule is NCCCN(O)C(=O)NCS. The van der Waals surface area contributed by atoms with Crippen molar-refractivity contribution in [2.45, 2.75) is 6.42 Å². The second-order valence-corrected chi connectivity index (χ2v) is 2.22. The lowest BCUT2D eigenvalue weighted by Crippen LogP contribution is -2.38. The predicted molar refractivity (Wildman–Crippen MR) is 44.5 cm³/mol. The van der Waals surface area contributed by atoms with Crippen LogP contribution in [0.15, 0.2) is 0 Å². The highest BCUT2D eigenvalue weighted by atomic mass is 32.1. The van der Waals surface area contributed by atoms with Crippen molar-refractivity contribution in [3.05, 3.63) is 0 Å². The molecule has 0 aromatic heterocycles. The van der Waals surface area contributed by atoms with Gasteiger partial charge in [0, 0.05) is 0 Å². The highest BCUT2D eigenvalue weighted by Gasteiger charge is 2.06. The van der Waals surface area contributed by atoms with Crippen LogP contribution in [-0.4, -0.2) is 35.3 Å². The van der Waals surface area contributed by atoms with Crippen LogP contribution in [0.3, 0.4) is 0 Å². The van der Waals surface area contributed by atoms with E-state index in [1.807, 2.05) is 0 Å². The number of hydroxylamine groups is 2. The number of urea groups is 1. The van der Waals surface area contributed by atoms with Crippen LogP contribution in [0.2, 0.25) is 0 Å². The molecule has 0 atom stereocenters. The Morgan fingerprint density at radius 3 is 2.82 bits per heavy atom. The Hall–Kier alpha value is -0.460. The van der Waals surface area contributed by atoms with Crippen molar-refractivity contribution in [2.75, 3.05) is 19.0 Å². The first kappa shape index (κ1) is 10.5. The first-order chi connectivity index (χ1) is 5.22. The van der Waals surface area contributed by atoms with E-state index in [-0.39, 0.29) is 12.4 Å². The smallest absolute Gasteiger partial charge is 0.330 e. The van der Waals surface area contributed by atoms with Crippen molar-refractivity contribution in [1.82, 2.24) is 10.4 Å². The van der Waals surface area contributed by atoms with Gasteiger partial charge in [-0.2, -0.15) is 12.6 Å². The van der Waals surface area contributed by atoms with Gasteiger partial charge in [-0.1, -0.05) is 0 Å². The number of hydrogen-bond donors (Lipinski definition) is 4. The molecule has 0 saturated heterocycles. The van der Waals surface area contributed by atoms with Crippen molar-refractivity contribution < 1.29 is 10.0 Å². The van der Waals surface area contributed by atoms with E-state index < -0.39 is 6.03 Å². The second-order valence-electron chi connectivity index (χ2n) is 1.91. The Morgan fingerprint density at radius 2 is 2.36 bits per heavy atom. The zero-order chi connectivity index (χ0) is 8.69. The van der Waals surface area contributed by atoms with Gasteiger partial charge in [0.15, 0.2) is 0 Å². The molecule has 0 aliphatic carbocycles. The maximum atomic E-state index is 10.7. The van der Waals surface area contributed by atoms with E-state index in [1.54, 1.807) is 0 Å². The van der Waals surface area contributed by atoms with Gasteiger partial charge in [0.1, 0.15) is 0 Å². The van der Waals surface area contributed by atoms with Crippen molar-refractivity contribution in [2.24, 2.45) is 5.73 Å². The molecule has 0 aliphatic rings. The van der Waals surface area contributed by atoms with Crippen molar-refractivity contribution >= 4 is 18.7 Å². The highest BCUT2D eigenvalue weighted by molar-refractivity contribution is 7.80. The molecular formula is C5H13N3O2S. The number of amides is 2. The van der Waals surface area contributed by atoms with E-state index in [2.05, 4.69) is 17.9 Å². The monoisotopic (exact) mass is 179 g/mol. The molecule has 0 saturated carbocycles. The lowest BCUT2D eigenvalue weighted by atomic mass is 10.4. The lowest BCUT2D eigenvalue weighted by Gasteiger charge is -2.13. The summed E-state index contributed by atoms with van der Waals surface area (Å²) >= 11 is 3.75. The van der Waals surface area contributed by atoms with Gasteiger partial charge in [-0.3, -0.25) is 5.21 Å². The number of carbonyl (C=O) groups excluding carboxylic acids is 1. The molecule has 0 rings (SSSR count). The highest BCUT2D eigenvalue weighted by Crippen LogP contribution is 1.86. The van der Waals surface area contributed by atoms with Gasteiger partial charge >= 0.3 is 6.03 Å². The molecule has 0 spiro atoms. The molecule has 0 fully saturated rings. The number of carbonyl (C=O) groups is 1. The third kappa shape index (κ3) is 4.88. The van der Waals surface area contributed by atoms with Gasteiger partial charge in [0.25, 0.3) is 0 Å². The summed E-state index contributed by atoms with van der Waals surface area (Å²) in [5.74, 6) is 0.207. The van der Waals surface area contributed by atoms with Crippen molar-refractivity contribution in [1.29, 1.82) is 0 Å². The predicted octanol–water partition coefficient (Wildman–Crippen LogP) is -0.377. The third-order valence-electron chi connectivity index (χ3n) is 1.04. The van der Waals surface area contributed by atoms with E-state index in [0.29, 0.717) is 18.0 Å². The van der Waals surface area contributed by atoms with Gasteiger partial charge in [0.2, 0.25) is 0 Å². The number of rotatable bonds is 4. The molecule has 0 aromatic carbocycles. The molecule has 0 radical (unpaired) electrons. The fraction of sp³-hybridized carbons (Fsp3) is 0.800. The van der Waals surface area contributed by atoms with E-state index >= 15 is 0 Å². The maximum absolute atomic E-state index is 10.7. The van der Waals surface area contributed by atoms with Gasteiger partial charge in [0.05, 0.1) is 12.4 Å². The summed E-state index contributed by atoms with van der Waals surface area (Å²) < 4.78 is 0. The summed E-state index contributed by atoms with van der Waals surface area (Å²) in [4.78, 5) is 10.7. The zero-order valence-electron chi connectivity index (χ0n) is 6.16. The van der Waals surface area contributed by atoms with E-state index in [4.69, 9.17) is 10.9 Å². The number of nitrogens with two attached hydrogens (primary N) is 1. The molecule has 66 valence electrons. The Morgan fingerprint density at radius 1 is 1.73 bits per heavy atom. The molecule has 0 aromatic rings. The van der Waals surface area contributed by atoms with Crippen LogP contribution in [0, 0.1) is 0 Å². The fourth-order valence-electron chi connectivity index (χ4n) is 0.501. The van der Waals surface area contributed by atoms with Crippen LogP contribution in [0.4, 0.5) is 4.79 Å². The second kappa shape index (κ2) is 6.26. The van der Waals surface area contributed by atoms with E-state index in [0.717, 1.165) is 0 Å². The standard InChI is InChI=1S/C5H13N3O2S/c6-2-1-3-8(10)5(9)7-4-11/h10-11H,1-4,6H2,(H,7,9). The summed E-state index contributed by atoms with van der Waals surface area (Å²) in [6.07, 6.45) is 0.580. The molecule has 0 unspecified atom stereocenters. The maximum Gasteiger partial charge on any atom is 0.341 e. The normalized spacial score (nSPS) is 9.36. The van der Waals surface area contributed by atoms with Crippen LogP contribution in [0.1, 0.15) is 6.42 Å². The Kier molecular flexibility index (Phi) is 6.00. The molecule has 0 heterocycles. The molecule has 2 amide bonds. The minimum Gasteiger partial charge on any atom is -0.330 e. The largest absolute Gasteiger partial charge is 0.341 e. The minimum absolute atomic E-state index is 0.207. The van der Waals surface area contributed by atoms with Crippen molar-refractivity contribution in [3.63, 3.8) is 0 Å². The van der Waals surface area contributed by atoms with Crippen molar-refractivity contribution in [3.8, 4) is 0 Å². The molecule has 6 heteroatoms. The van der Waals surface area contributed by atoms with Gasteiger partial charge < -0.3 is 11.1 Å². The van der Waals surface area contributed by atoms with Crippen LogP contribution >= 0.6 is 12.6 Å². The quantitative estimate of drug-likeness (QED) is 0.206. The summed E-state index contributed by atoms with van der Waals surface area (Å²) in [5.41, 5.74) is 5.17. The first-order valence-corrected chi connectivity index (χ1v) is 3.90. The summed E-state index contributed by atoms with van der Waals surface area (Å²) in [7, 11) is 0. The van der Waals surface area contributed by atoms with Gasteiger partial charge in [-0.25, -0.2) is 9.86 Å². The fourth-order valence-corrected chi connectivity index (χ4v) is 0.637. The molecular weight excluding hydrogens is 166 g/mol. The van der Waals surface area contributed by atoms with Crippen LogP contribution in [-0.2, 0) is 0 Å². The third-order valence-corrected chi connectivity index (χ3v) is 1.20. The Balaban J connectivity index is 3.46. The Labute approximate surface area is 70.9 Å². The van der Waals surface area contributed by atoms with E-state index in [1.165, 1.54) is 0 Å². The molecule has 4 N–H and O–H groups in total. The molecule has 5 nitrogen and oxygen atoms in total. The zero-order valence-corrected chi connectivity index (χ0v) is 7.05. The average Bonchev–Trinajstić information content (AvgIpc) is 2.00. The number of nitrogens with one attached hydrogen (secondary N) is 1. The van der Waals surface area contributed by atoms with E-state index in [9.17, 15) is 4.79 Å². The van der Waals surface area contributed by atoms with Gasteiger partial charge in [-0.15, -0.1) is 0 Å². The number of nitrogens with zero attached hydrogens (tertiary/aromatic N) is 1. The summed E-state index contributed by atoms with van der Waals surface area (Å²) in [6, 6.07) is -0.548. The summed E-state index contributed by atoms with van der Waals surface area (Å²) in [6.45, 7) is 0.696. The lowest BCUT2D eigenvalue weighted by molar-refractivity contribution is -0.0426. The average molecular weight is 179 g/mol. The molecule has 11 heavy (non-hydrogen) atoms. The summed E-state index contributed by atoms with van der Waals surface area (Å²) in [5, 5.41) is 11.8. The minimum atomic E-state index is -0.548. The first-order valence-electron chi connectivity index (χ1n) is 3.27. The van der Waals surface area contributed by atoms with Crippen LogP contribution < -0.4 is 11.1 Å². The number of hydrogen-bond acceptors (Lipinski definition) is 4. The molecule has 0 aliphatic heterocycles. The van der Waals surface area contributed by atoms with Crippen LogP contribution in [0.25, 0.3) is 0 Å². The van der Waals surface area contributed by atoms with Crippen LogP contribution in [0.5, 0.6) is 0 Å². The van der Waals surface area contributed by atoms with Gasteiger partial charge in [-0.05, 0) is 13.0 Å². The topological polar surface area (TPSA) is 78.6 Å². The Bertz CT molecular complexity index is 122.